The van der Waals surface area contributed by atoms with Crippen LogP contribution in [-0.4, -0.2) is 6.26 Å². The average molecular weight is 164 g/mol. The van der Waals surface area contributed by atoms with Gasteiger partial charge in [-0.05, 0) is 29.7 Å². The van der Waals surface area contributed by atoms with Crippen molar-refractivity contribution in [3.05, 3.63) is 41.3 Å². The van der Waals surface area contributed by atoms with E-state index in [1.807, 2.05) is 6.07 Å². The number of allylic oxidation sites excluding steroid dienone is 1. The molecule has 0 fully saturated rings. The first-order valence-electron chi connectivity index (χ1n) is 3.59. The van der Waals surface area contributed by atoms with E-state index in [-0.39, 0.29) is 0 Å². The minimum Gasteiger partial charge on any atom is -0.137 e. The maximum absolute atomic E-state index is 2.16. The highest BCUT2D eigenvalue weighted by atomic mass is 32.2. The fourth-order valence-electron chi connectivity index (χ4n) is 0.946. The van der Waals surface area contributed by atoms with Gasteiger partial charge in [0.1, 0.15) is 0 Å². The molecule has 0 radical (unpaired) electrons. The summed E-state index contributed by atoms with van der Waals surface area (Å²) in [6, 6.07) is 10.4. The van der Waals surface area contributed by atoms with E-state index in [9.17, 15) is 0 Å². The van der Waals surface area contributed by atoms with Gasteiger partial charge >= 0.3 is 0 Å². The summed E-state index contributed by atoms with van der Waals surface area (Å²) in [6.45, 7) is 2.13. The molecule has 1 rings (SSSR count). The highest BCUT2D eigenvalue weighted by molar-refractivity contribution is 8.01. The fraction of sp³-hybridized carbons (Fsp3) is 0.200. The summed E-state index contributed by atoms with van der Waals surface area (Å²) in [5.41, 5.74) is 2.64. The van der Waals surface area contributed by atoms with Gasteiger partial charge < -0.3 is 0 Å². The second-order valence-corrected chi connectivity index (χ2v) is 3.11. The Kier molecular flexibility index (Phi) is 3.24. The third-order valence-electron chi connectivity index (χ3n) is 1.52. The molecule has 0 atom stereocenters. The molecule has 1 heteroatoms. The Bertz CT molecular complexity index is 236. The summed E-state index contributed by atoms with van der Waals surface area (Å²) in [5, 5.41) is 2.16. The molecule has 0 spiro atoms. The van der Waals surface area contributed by atoms with Crippen LogP contribution in [0, 0.1) is 0 Å². The minimum atomic E-state index is 1.31. The first kappa shape index (κ1) is 8.41. The number of thioether (sulfide) groups is 1. The lowest BCUT2D eigenvalue weighted by molar-refractivity contribution is 1.58. The van der Waals surface area contributed by atoms with Crippen LogP contribution in [0.25, 0.3) is 5.57 Å². The molecule has 0 aliphatic rings. The molecule has 0 amide bonds. The number of hydrogen-bond donors (Lipinski definition) is 0. The van der Waals surface area contributed by atoms with Gasteiger partial charge in [0, 0.05) is 0 Å². The number of benzene rings is 1. The molecule has 0 bridgehead atoms. The highest BCUT2D eigenvalue weighted by Crippen LogP contribution is 2.15. The zero-order valence-electron chi connectivity index (χ0n) is 6.87. The summed E-state index contributed by atoms with van der Waals surface area (Å²) in [5.74, 6) is 0. The largest absolute Gasteiger partial charge is 0.137 e. The monoisotopic (exact) mass is 164 g/mol. The van der Waals surface area contributed by atoms with Gasteiger partial charge in [-0.2, -0.15) is 0 Å². The minimum absolute atomic E-state index is 1.31. The van der Waals surface area contributed by atoms with E-state index in [0.717, 1.165) is 0 Å². The average Bonchev–Trinajstić information content (AvgIpc) is 2.07. The van der Waals surface area contributed by atoms with Crippen molar-refractivity contribution in [2.45, 2.75) is 6.92 Å². The van der Waals surface area contributed by atoms with Crippen molar-refractivity contribution in [3.8, 4) is 0 Å². The third-order valence-corrected chi connectivity index (χ3v) is 2.11. The molecule has 1 aromatic rings. The summed E-state index contributed by atoms with van der Waals surface area (Å²) in [4.78, 5) is 0. The van der Waals surface area contributed by atoms with Gasteiger partial charge in [0.05, 0.1) is 0 Å². The molecular weight excluding hydrogens is 152 g/mol. The predicted molar refractivity (Wildman–Crippen MR) is 53.6 cm³/mol. The topological polar surface area (TPSA) is 0 Å². The molecule has 0 unspecified atom stereocenters. The van der Waals surface area contributed by atoms with E-state index in [1.54, 1.807) is 11.8 Å². The van der Waals surface area contributed by atoms with E-state index >= 15 is 0 Å². The Morgan fingerprint density at radius 3 is 2.45 bits per heavy atom. The van der Waals surface area contributed by atoms with E-state index < -0.39 is 0 Å². The molecule has 58 valence electrons. The van der Waals surface area contributed by atoms with Crippen molar-refractivity contribution in [3.63, 3.8) is 0 Å². The Hall–Kier alpha value is -0.690. The first-order valence-corrected chi connectivity index (χ1v) is 4.88. The fourth-order valence-corrected chi connectivity index (χ4v) is 1.44. The predicted octanol–water partition coefficient (Wildman–Crippen LogP) is 3.41. The highest BCUT2D eigenvalue weighted by Gasteiger charge is 1.90. The molecule has 0 nitrogen and oxygen atoms in total. The van der Waals surface area contributed by atoms with Crippen LogP contribution in [0.3, 0.4) is 0 Å². The summed E-state index contributed by atoms with van der Waals surface area (Å²) < 4.78 is 0. The molecule has 0 aromatic heterocycles. The van der Waals surface area contributed by atoms with Gasteiger partial charge in [-0.25, -0.2) is 0 Å². The van der Waals surface area contributed by atoms with Crippen molar-refractivity contribution in [1.29, 1.82) is 0 Å². The quantitative estimate of drug-likeness (QED) is 0.645. The number of rotatable bonds is 2. The van der Waals surface area contributed by atoms with Crippen molar-refractivity contribution < 1.29 is 0 Å². The lowest BCUT2D eigenvalue weighted by Gasteiger charge is -1.98. The molecule has 0 saturated heterocycles. The maximum Gasteiger partial charge on any atom is -0.0142 e. The first-order chi connectivity index (χ1) is 5.34. The van der Waals surface area contributed by atoms with Crippen LogP contribution < -0.4 is 0 Å². The van der Waals surface area contributed by atoms with Crippen LogP contribution in [0.1, 0.15) is 12.5 Å². The zero-order valence-corrected chi connectivity index (χ0v) is 7.69. The van der Waals surface area contributed by atoms with Crippen molar-refractivity contribution >= 4 is 17.3 Å². The second kappa shape index (κ2) is 4.24. The Morgan fingerprint density at radius 2 is 1.91 bits per heavy atom. The van der Waals surface area contributed by atoms with Gasteiger partial charge in [0.25, 0.3) is 0 Å². The Labute approximate surface area is 72.3 Å². The number of hydrogen-bond acceptors (Lipinski definition) is 1. The van der Waals surface area contributed by atoms with E-state index in [2.05, 4.69) is 42.9 Å². The normalized spacial score (nSPS) is 11.6. The van der Waals surface area contributed by atoms with Gasteiger partial charge in [-0.3, -0.25) is 0 Å². The zero-order chi connectivity index (χ0) is 8.10. The standard InChI is InChI=1S/C10H12S/c1-9(8-11-2)10-6-4-3-5-7-10/h3-8H,1-2H3/b9-8+. The molecule has 0 aliphatic carbocycles. The molecule has 0 aliphatic heterocycles. The molecule has 0 N–H and O–H groups in total. The molecule has 0 heterocycles. The second-order valence-electron chi connectivity index (χ2n) is 2.40. The van der Waals surface area contributed by atoms with Gasteiger partial charge in [-0.15, -0.1) is 11.8 Å². The molecule has 1 aromatic carbocycles. The van der Waals surface area contributed by atoms with E-state index in [0.29, 0.717) is 0 Å². The lowest BCUT2D eigenvalue weighted by atomic mass is 10.1. The molecule has 11 heavy (non-hydrogen) atoms. The van der Waals surface area contributed by atoms with Crippen molar-refractivity contribution in [2.75, 3.05) is 6.26 Å². The van der Waals surface area contributed by atoms with Gasteiger partial charge in [0.2, 0.25) is 0 Å². The molecular formula is C10H12S. The summed E-state index contributed by atoms with van der Waals surface area (Å²) >= 11 is 1.74. The Balaban J connectivity index is 2.85. The van der Waals surface area contributed by atoms with Crippen LogP contribution >= 0.6 is 11.8 Å². The Morgan fingerprint density at radius 1 is 1.27 bits per heavy atom. The van der Waals surface area contributed by atoms with E-state index in [4.69, 9.17) is 0 Å². The summed E-state index contributed by atoms with van der Waals surface area (Å²) in [6.07, 6.45) is 2.08. The van der Waals surface area contributed by atoms with Crippen LogP contribution in [0.4, 0.5) is 0 Å². The van der Waals surface area contributed by atoms with Crippen LogP contribution in [0.2, 0.25) is 0 Å². The van der Waals surface area contributed by atoms with Crippen molar-refractivity contribution in [1.82, 2.24) is 0 Å². The van der Waals surface area contributed by atoms with E-state index in [1.165, 1.54) is 11.1 Å². The van der Waals surface area contributed by atoms with Gasteiger partial charge in [-0.1, -0.05) is 30.3 Å². The lowest BCUT2D eigenvalue weighted by Crippen LogP contribution is -1.75. The molecule has 0 saturated carbocycles. The maximum atomic E-state index is 2.16. The van der Waals surface area contributed by atoms with Crippen molar-refractivity contribution in [2.24, 2.45) is 0 Å². The van der Waals surface area contributed by atoms with Crippen LogP contribution in [0.5, 0.6) is 0 Å². The van der Waals surface area contributed by atoms with Crippen LogP contribution in [0.15, 0.2) is 35.7 Å². The van der Waals surface area contributed by atoms with Gasteiger partial charge in [0.15, 0.2) is 0 Å². The smallest absolute Gasteiger partial charge is 0.0142 e. The van der Waals surface area contributed by atoms with Crippen LogP contribution in [-0.2, 0) is 0 Å². The SMILES string of the molecule is CS/C=C(\C)c1ccccc1. The third kappa shape index (κ3) is 2.43. The summed E-state index contributed by atoms with van der Waals surface area (Å²) in [7, 11) is 0.